The summed E-state index contributed by atoms with van der Waals surface area (Å²) in [4.78, 5) is 3.94. The molecule has 2 aromatic rings. The third-order valence-electron chi connectivity index (χ3n) is 3.39. The summed E-state index contributed by atoms with van der Waals surface area (Å²) in [7, 11) is 0. The van der Waals surface area contributed by atoms with Gasteiger partial charge in [0.2, 0.25) is 5.95 Å². The van der Waals surface area contributed by atoms with Gasteiger partial charge in [0.1, 0.15) is 11.6 Å². The maximum Gasteiger partial charge on any atom is 0.238 e. The molecule has 2 heterocycles. The molecule has 0 aliphatic rings. The predicted octanol–water partition coefficient (Wildman–Crippen LogP) is 2.99. The second-order valence-corrected chi connectivity index (χ2v) is 5.24. The lowest BCUT2D eigenvalue weighted by molar-refractivity contribution is 0.466. The number of hydrogen-bond acceptors (Lipinski definition) is 4. The maximum absolute atomic E-state index is 9.37. The van der Waals surface area contributed by atoms with Crippen LogP contribution in [0.3, 0.4) is 0 Å². The van der Waals surface area contributed by atoms with Crippen LogP contribution in [0.5, 0.6) is 0 Å². The molecule has 6 heteroatoms. The highest BCUT2D eigenvalue weighted by Gasteiger charge is 2.26. The molecule has 0 radical (unpaired) electrons. The average molecular weight is 278 g/mol. The van der Waals surface area contributed by atoms with E-state index in [-0.39, 0.29) is 11.9 Å². The van der Waals surface area contributed by atoms with E-state index in [1.807, 2.05) is 0 Å². The molecule has 0 spiro atoms. The first kappa shape index (κ1) is 13.6. The van der Waals surface area contributed by atoms with Crippen molar-refractivity contribution in [2.45, 2.75) is 33.1 Å². The van der Waals surface area contributed by atoms with E-state index in [2.05, 4.69) is 36.9 Å². The molecule has 2 rings (SSSR count). The Morgan fingerprint density at radius 3 is 2.74 bits per heavy atom. The Morgan fingerprint density at radius 1 is 1.53 bits per heavy atom. The summed E-state index contributed by atoms with van der Waals surface area (Å²) in [5, 5.41) is 14.0. The zero-order chi connectivity index (χ0) is 14.2. The van der Waals surface area contributed by atoms with Gasteiger partial charge < -0.3 is 5.73 Å². The molecule has 0 saturated heterocycles. The summed E-state index contributed by atoms with van der Waals surface area (Å²) in [6.45, 7) is 6.32. The van der Waals surface area contributed by atoms with Crippen LogP contribution in [0.25, 0.3) is 5.52 Å². The van der Waals surface area contributed by atoms with Crippen LogP contribution in [0, 0.1) is 17.2 Å². The number of aromatic nitrogens is 3. The van der Waals surface area contributed by atoms with Gasteiger partial charge in [-0.15, -0.1) is 5.10 Å². The van der Waals surface area contributed by atoms with E-state index in [4.69, 9.17) is 17.3 Å². The number of anilines is 1. The molecule has 1 atom stereocenters. The summed E-state index contributed by atoms with van der Waals surface area (Å²) < 4.78 is 1.66. The smallest absolute Gasteiger partial charge is 0.238 e. The first-order valence-corrected chi connectivity index (χ1v) is 6.61. The molecular formula is C13H16ClN5. The predicted molar refractivity (Wildman–Crippen MR) is 75.0 cm³/mol. The fourth-order valence-electron chi connectivity index (χ4n) is 2.47. The van der Waals surface area contributed by atoms with E-state index >= 15 is 0 Å². The number of halogens is 1. The van der Waals surface area contributed by atoms with E-state index in [9.17, 15) is 5.26 Å². The number of fused-ring (bicyclic) bond motifs is 1. The van der Waals surface area contributed by atoms with E-state index in [1.165, 1.54) is 0 Å². The zero-order valence-corrected chi connectivity index (χ0v) is 11.9. The van der Waals surface area contributed by atoms with Gasteiger partial charge in [0, 0.05) is 5.92 Å². The Balaban J connectivity index is 2.84. The highest BCUT2D eigenvalue weighted by Crippen LogP contribution is 2.36. The molecule has 0 bridgehead atoms. The topological polar surface area (TPSA) is 80.0 Å². The molecule has 19 heavy (non-hydrogen) atoms. The third-order valence-corrected chi connectivity index (χ3v) is 3.77. The monoisotopic (exact) mass is 277 g/mol. The second kappa shape index (κ2) is 5.06. The second-order valence-electron chi connectivity index (χ2n) is 4.86. The molecular weight excluding hydrogens is 262 g/mol. The summed E-state index contributed by atoms with van der Waals surface area (Å²) in [6, 6.07) is 2.18. The quantitative estimate of drug-likeness (QED) is 0.935. The number of rotatable bonds is 3. The van der Waals surface area contributed by atoms with Crippen LogP contribution < -0.4 is 5.73 Å². The van der Waals surface area contributed by atoms with Crippen molar-refractivity contribution in [2.24, 2.45) is 5.92 Å². The van der Waals surface area contributed by atoms with E-state index in [0.29, 0.717) is 22.0 Å². The van der Waals surface area contributed by atoms with Crippen molar-refractivity contribution >= 4 is 23.1 Å². The summed E-state index contributed by atoms with van der Waals surface area (Å²) in [5.74, 6) is 0.745. The number of nitriles is 1. The Labute approximate surface area is 117 Å². The Morgan fingerprint density at radius 2 is 2.21 bits per heavy atom. The molecule has 0 saturated carbocycles. The molecule has 0 fully saturated rings. The number of nitrogen functional groups attached to an aromatic ring is 1. The fourth-order valence-corrected chi connectivity index (χ4v) is 2.74. The van der Waals surface area contributed by atoms with Gasteiger partial charge in [-0.3, -0.25) is 0 Å². The van der Waals surface area contributed by atoms with Gasteiger partial charge in [-0.05, 0) is 12.3 Å². The van der Waals surface area contributed by atoms with Crippen LogP contribution in [0.1, 0.15) is 44.4 Å². The highest BCUT2D eigenvalue weighted by atomic mass is 35.5. The largest absolute Gasteiger partial charge is 0.367 e. The normalized spacial score (nSPS) is 12.8. The van der Waals surface area contributed by atoms with Gasteiger partial charge in [0.25, 0.3) is 0 Å². The van der Waals surface area contributed by atoms with Crippen LogP contribution in [0.15, 0.2) is 6.20 Å². The molecule has 1 unspecified atom stereocenters. The lowest BCUT2D eigenvalue weighted by Crippen LogP contribution is -2.12. The summed E-state index contributed by atoms with van der Waals surface area (Å²) >= 11 is 6.26. The molecule has 0 aliphatic heterocycles. The van der Waals surface area contributed by atoms with Crippen molar-refractivity contribution in [1.29, 1.82) is 5.26 Å². The van der Waals surface area contributed by atoms with Crippen LogP contribution in [-0.4, -0.2) is 14.6 Å². The number of nitrogens with two attached hydrogens (primary N) is 1. The van der Waals surface area contributed by atoms with Crippen LogP contribution in [-0.2, 0) is 0 Å². The average Bonchev–Trinajstić information content (AvgIpc) is 2.63. The highest BCUT2D eigenvalue weighted by molar-refractivity contribution is 6.35. The standard InChI is InChI=1S/C13H16ClN5/c1-4-8(7(2)3)12-9(5-15)11(14)10-6-17-13(16)18-19(10)12/h6-8H,4H2,1-3H3,(H2,16,18). The molecule has 2 N–H and O–H groups in total. The van der Waals surface area contributed by atoms with Crippen molar-refractivity contribution in [1.82, 2.24) is 14.6 Å². The first-order valence-electron chi connectivity index (χ1n) is 6.23. The molecule has 0 aromatic carbocycles. The Hall–Kier alpha value is -1.80. The Bertz CT molecular complexity index is 653. The van der Waals surface area contributed by atoms with Gasteiger partial charge in [0.05, 0.1) is 22.5 Å². The number of nitrogens with zero attached hydrogens (tertiary/aromatic N) is 4. The molecule has 0 aliphatic carbocycles. The molecule has 100 valence electrons. The van der Waals surface area contributed by atoms with Crippen molar-refractivity contribution < 1.29 is 0 Å². The SMILES string of the molecule is CCC(c1c(C#N)c(Cl)c2cnc(N)nn12)C(C)C. The summed E-state index contributed by atoms with van der Waals surface area (Å²) in [5.41, 5.74) is 7.57. The lowest BCUT2D eigenvalue weighted by Gasteiger charge is -2.19. The first-order chi connectivity index (χ1) is 9.01. The minimum atomic E-state index is 0.170. The Kier molecular flexibility index (Phi) is 3.63. The van der Waals surface area contributed by atoms with Gasteiger partial charge in [-0.1, -0.05) is 32.4 Å². The third kappa shape index (κ3) is 2.13. The van der Waals surface area contributed by atoms with Gasteiger partial charge >= 0.3 is 0 Å². The van der Waals surface area contributed by atoms with Gasteiger partial charge in [-0.2, -0.15) is 5.26 Å². The zero-order valence-electron chi connectivity index (χ0n) is 11.2. The van der Waals surface area contributed by atoms with Gasteiger partial charge in [-0.25, -0.2) is 9.50 Å². The molecule has 2 aromatic heterocycles. The fraction of sp³-hybridized carbons (Fsp3) is 0.462. The van der Waals surface area contributed by atoms with E-state index in [1.54, 1.807) is 10.7 Å². The molecule has 5 nitrogen and oxygen atoms in total. The molecule has 0 amide bonds. The van der Waals surface area contributed by atoms with Crippen molar-refractivity contribution in [2.75, 3.05) is 5.73 Å². The minimum Gasteiger partial charge on any atom is -0.367 e. The van der Waals surface area contributed by atoms with E-state index in [0.717, 1.165) is 12.1 Å². The summed E-state index contributed by atoms with van der Waals surface area (Å²) in [6.07, 6.45) is 2.46. The van der Waals surface area contributed by atoms with Crippen LogP contribution in [0.4, 0.5) is 5.95 Å². The lowest BCUT2D eigenvalue weighted by atomic mass is 9.88. The van der Waals surface area contributed by atoms with Crippen molar-refractivity contribution in [3.05, 3.63) is 22.5 Å². The maximum atomic E-state index is 9.37. The number of hydrogen-bond donors (Lipinski definition) is 1. The minimum absolute atomic E-state index is 0.170. The van der Waals surface area contributed by atoms with Crippen LogP contribution in [0.2, 0.25) is 5.02 Å². The van der Waals surface area contributed by atoms with Crippen LogP contribution >= 0.6 is 11.6 Å². The van der Waals surface area contributed by atoms with Gasteiger partial charge in [0.15, 0.2) is 0 Å². The van der Waals surface area contributed by atoms with Crippen molar-refractivity contribution in [3.63, 3.8) is 0 Å². The van der Waals surface area contributed by atoms with E-state index < -0.39 is 0 Å². The van der Waals surface area contributed by atoms with Crippen molar-refractivity contribution in [3.8, 4) is 6.07 Å².